The summed E-state index contributed by atoms with van der Waals surface area (Å²) in [6.07, 6.45) is 0. The molecule has 0 unspecified atom stereocenters. The summed E-state index contributed by atoms with van der Waals surface area (Å²) in [5, 5.41) is 6.84. The summed E-state index contributed by atoms with van der Waals surface area (Å²) in [5.74, 6) is 1.38. The number of hydrogen-bond acceptors (Lipinski definition) is 9. The molecule has 4 rings (SSSR count). The SMILES string of the molecule is CC(C)c1noc(CN2CCN(CC(=O)Nc3cccc(S(=O)(=O)N4CCOCC4)c3)CC2)n1. The number of benzene rings is 1. The smallest absolute Gasteiger partial charge is 0.243 e. The largest absolute Gasteiger partial charge is 0.379 e. The molecule has 186 valence electrons. The predicted octanol–water partition coefficient (Wildman–Crippen LogP) is 0.970. The van der Waals surface area contributed by atoms with E-state index in [1.54, 1.807) is 18.2 Å². The summed E-state index contributed by atoms with van der Waals surface area (Å²) in [4.78, 5) is 21.5. The van der Waals surface area contributed by atoms with Gasteiger partial charge in [0.2, 0.25) is 21.8 Å². The minimum atomic E-state index is -3.61. The van der Waals surface area contributed by atoms with E-state index in [1.165, 1.54) is 10.4 Å². The van der Waals surface area contributed by atoms with E-state index < -0.39 is 10.0 Å². The maximum Gasteiger partial charge on any atom is 0.243 e. The highest BCUT2D eigenvalue weighted by atomic mass is 32.2. The Hall–Kier alpha value is -2.38. The molecule has 0 aliphatic carbocycles. The van der Waals surface area contributed by atoms with Crippen molar-refractivity contribution < 1.29 is 22.5 Å². The average Bonchev–Trinajstić information content (AvgIpc) is 3.30. The highest BCUT2D eigenvalue weighted by molar-refractivity contribution is 7.89. The van der Waals surface area contributed by atoms with Gasteiger partial charge in [0.15, 0.2) is 5.82 Å². The van der Waals surface area contributed by atoms with Crippen molar-refractivity contribution in [3.05, 3.63) is 36.0 Å². The van der Waals surface area contributed by atoms with Gasteiger partial charge in [0, 0.05) is 50.9 Å². The topological polar surface area (TPSA) is 121 Å². The van der Waals surface area contributed by atoms with Crippen LogP contribution >= 0.6 is 0 Å². The third-order valence-corrected chi connectivity index (χ3v) is 7.81. The second-order valence-electron chi connectivity index (χ2n) is 8.85. The number of aromatic nitrogens is 2. The lowest BCUT2D eigenvalue weighted by Crippen LogP contribution is -2.48. The van der Waals surface area contributed by atoms with E-state index in [2.05, 4.69) is 25.3 Å². The summed E-state index contributed by atoms with van der Waals surface area (Å²) in [6.45, 7) is 9.39. The van der Waals surface area contributed by atoms with Crippen LogP contribution in [0.2, 0.25) is 0 Å². The van der Waals surface area contributed by atoms with Gasteiger partial charge >= 0.3 is 0 Å². The zero-order chi connectivity index (χ0) is 24.1. The van der Waals surface area contributed by atoms with Gasteiger partial charge in [-0.05, 0) is 18.2 Å². The van der Waals surface area contributed by atoms with Crippen molar-refractivity contribution in [1.82, 2.24) is 24.2 Å². The van der Waals surface area contributed by atoms with Crippen molar-refractivity contribution in [2.24, 2.45) is 0 Å². The number of amides is 1. The van der Waals surface area contributed by atoms with Crippen molar-refractivity contribution in [3.8, 4) is 0 Å². The van der Waals surface area contributed by atoms with Gasteiger partial charge in [-0.3, -0.25) is 14.6 Å². The minimum absolute atomic E-state index is 0.169. The normalized spacial score (nSPS) is 18.9. The number of hydrogen-bond donors (Lipinski definition) is 1. The van der Waals surface area contributed by atoms with Crippen LogP contribution in [-0.4, -0.2) is 97.6 Å². The van der Waals surface area contributed by atoms with Crippen molar-refractivity contribution in [2.75, 3.05) is 64.3 Å². The lowest BCUT2D eigenvalue weighted by molar-refractivity contribution is -0.117. The predicted molar refractivity (Wildman–Crippen MR) is 125 cm³/mol. The zero-order valence-corrected chi connectivity index (χ0v) is 20.5. The van der Waals surface area contributed by atoms with Gasteiger partial charge in [0.25, 0.3) is 0 Å². The molecule has 3 heterocycles. The Morgan fingerprint density at radius 3 is 2.47 bits per heavy atom. The zero-order valence-electron chi connectivity index (χ0n) is 19.6. The number of ether oxygens (including phenoxy) is 1. The molecule has 0 saturated carbocycles. The number of morpholine rings is 1. The number of nitrogens with one attached hydrogen (secondary N) is 1. The molecular formula is C22H32N6O5S. The highest BCUT2D eigenvalue weighted by Crippen LogP contribution is 2.21. The lowest BCUT2D eigenvalue weighted by Gasteiger charge is -2.33. The number of carbonyl (C=O) groups excluding carboxylic acids is 1. The maximum absolute atomic E-state index is 12.9. The summed E-state index contributed by atoms with van der Waals surface area (Å²) in [5.41, 5.74) is 0.468. The van der Waals surface area contributed by atoms with Crippen LogP contribution in [0.3, 0.4) is 0 Å². The minimum Gasteiger partial charge on any atom is -0.379 e. The molecule has 1 aromatic carbocycles. The number of nitrogens with zero attached hydrogens (tertiary/aromatic N) is 5. The van der Waals surface area contributed by atoms with Crippen LogP contribution in [0.5, 0.6) is 0 Å². The summed E-state index contributed by atoms with van der Waals surface area (Å²) >= 11 is 0. The monoisotopic (exact) mass is 492 g/mol. The molecule has 2 saturated heterocycles. The molecule has 1 N–H and O–H groups in total. The van der Waals surface area contributed by atoms with Crippen LogP contribution in [-0.2, 0) is 26.1 Å². The molecule has 2 aromatic rings. The molecule has 11 nitrogen and oxygen atoms in total. The quantitative estimate of drug-likeness (QED) is 0.574. The maximum atomic E-state index is 12.9. The second kappa shape index (κ2) is 10.9. The fourth-order valence-electron chi connectivity index (χ4n) is 3.94. The van der Waals surface area contributed by atoms with Crippen LogP contribution in [0.15, 0.2) is 33.7 Å². The van der Waals surface area contributed by atoms with Gasteiger partial charge in [-0.15, -0.1) is 0 Å². The molecule has 2 aliphatic heterocycles. The van der Waals surface area contributed by atoms with Crippen LogP contribution < -0.4 is 5.32 Å². The van der Waals surface area contributed by atoms with Gasteiger partial charge in [0.1, 0.15) is 0 Å². The first-order valence-electron chi connectivity index (χ1n) is 11.6. The van der Waals surface area contributed by atoms with Gasteiger partial charge in [-0.25, -0.2) is 8.42 Å². The molecule has 1 amide bonds. The molecule has 1 aromatic heterocycles. The molecular weight excluding hydrogens is 460 g/mol. The van der Waals surface area contributed by atoms with Crippen molar-refractivity contribution in [2.45, 2.75) is 31.2 Å². The summed E-state index contributed by atoms with van der Waals surface area (Å²) in [7, 11) is -3.61. The van der Waals surface area contributed by atoms with Crippen molar-refractivity contribution in [1.29, 1.82) is 0 Å². The molecule has 2 fully saturated rings. The number of anilines is 1. The first-order chi connectivity index (χ1) is 16.3. The van der Waals surface area contributed by atoms with E-state index >= 15 is 0 Å². The molecule has 0 spiro atoms. The molecule has 2 aliphatic rings. The third kappa shape index (κ3) is 6.19. The van der Waals surface area contributed by atoms with E-state index in [4.69, 9.17) is 9.26 Å². The van der Waals surface area contributed by atoms with E-state index in [0.29, 0.717) is 50.3 Å². The van der Waals surface area contributed by atoms with E-state index in [0.717, 1.165) is 26.2 Å². The first-order valence-corrected chi connectivity index (χ1v) is 13.0. The number of sulfonamides is 1. The molecule has 12 heteroatoms. The lowest BCUT2D eigenvalue weighted by atomic mass is 10.2. The van der Waals surface area contributed by atoms with Crippen molar-refractivity contribution >= 4 is 21.6 Å². The Bertz CT molecular complexity index is 1070. The van der Waals surface area contributed by atoms with E-state index in [9.17, 15) is 13.2 Å². The Labute approximate surface area is 200 Å². The van der Waals surface area contributed by atoms with E-state index in [-0.39, 0.29) is 23.3 Å². The van der Waals surface area contributed by atoms with Crippen LogP contribution in [0.1, 0.15) is 31.5 Å². The van der Waals surface area contributed by atoms with Crippen molar-refractivity contribution in [3.63, 3.8) is 0 Å². The Morgan fingerprint density at radius 2 is 1.79 bits per heavy atom. The highest BCUT2D eigenvalue weighted by Gasteiger charge is 2.27. The Morgan fingerprint density at radius 1 is 1.09 bits per heavy atom. The number of rotatable bonds is 8. The average molecular weight is 493 g/mol. The number of piperazine rings is 1. The summed E-state index contributed by atoms with van der Waals surface area (Å²) < 4.78 is 37.7. The van der Waals surface area contributed by atoms with Crippen LogP contribution in [0.25, 0.3) is 0 Å². The second-order valence-corrected chi connectivity index (χ2v) is 10.8. The molecule has 34 heavy (non-hydrogen) atoms. The first kappa shape index (κ1) is 24.7. The standard InChI is InChI=1S/C22H32N6O5S/c1-17(2)22-24-21(33-25-22)16-27-8-6-26(7-9-27)15-20(29)23-18-4-3-5-19(14-18)34(30,31)28-10-12-32-13-11-28/h3-5,14,17H,6-13,15-16H2,1-2H3,(H,23,29). The van der Waals surface area contributed by atoms with E-state index in [1.807, 2.05) is 13.8 Å². The van der Waals surface area contributed by atoms with Crippen LogP contribution in [0, 0.1) is 0 Å². The summed E-state index contributed by atoms with van der Waals surface area (Å²) in [6, 6.07) is 6.40. The van der Waals surface area contributed by atoms with Gasteiger partial charge in [0.05, 0.1) is 31.2 Å². The third-order valence-electron chi connectivity index (χ3n) is 5.92. The fourth-order valence-corrected chi connectivity index (χ4v) is 5.39. The van der Waals surface area contributed by atoms with Crippen LogP contribution in [0.4, 0.5) is 5.69 Å². The Balaban J connectivity index is 1.26. The molecule has 0 atom stereocenters. The Kier molecular flexibility index (Phi) is 7.94. The van der Waals surface area contributed by atoms with Gasteiger partial charge < -0.3 is 14.6 Å². The fraction of sp³-hybridized carbons (Fsp3) is 0.591. The molecule has 0 bridgehead atoms. The molecule has 0 radical (unpaired) electrons. The number of carbonyl (C=O) groups is 1. The van der Waals surface area contributed by atoms with Gasteiger partial charge in [-0.1, -0.05) is 25.1 Å². The van der Waals surface area contributed by atoms with Gasteiger partial charge in [-0.2, -0.15) is 9.29 Å².